The molecular formula is C20H21F2N3O4. The lowest BCUT2D eigenvalue weighted by molar-refractivity contribution is -0.384. The zero-order valence-corrected chi connectivity index (χ0v) is 16.1. The summed E-state index contributed by atoms with van der Waals surface area (Å²) in [6.07, 6.45) is 0. The predicted octanol–water partition coefficient (Wildman–Crippen LogP) is 3.54. The summed E-state index contributed by atoms with van der Waals surface area (Å²) in [4.78, 5) is 27.2. The Bertz CT molecular complexity index is 932. The zero-order chi connectivity index (χ0) is 21.1. The van der Waals surface area contributed by atoms with Gasteiger partial charge in [-0.05, 0) is 30.7 Å². The van der Waals surface area contributed by atoms with Crippen molar-refractivity contribution >= 4 is 17.3 Å². The first-order valence-electron chi connectivity index (χ1n) is 9.13. The Kier molecular flexibility index (Phi) is 6.07. The van der Waals surface area contributed by atoms with Crippen LogP contribution in [0.2, 0.25) is 0 Å². The van der Waals surface area contributed by atoms with Gasteiger partial charge in [0.05, 0.1) is 35.4 Å². The van der Waals surface area contributed by atoms with Crippen LogP contribution >= 0.6 is 0 Å². The van der Waals surface area contributed by atoms with Gasteiger partial charge in [-0.2, -0.15) is 0 Å². The van der Waals surface area contributed by atoms with Gasteiger partial charge in [-0.1, -0.05) is 6.07 Å². The SMILES string of the molecule is CC(c1ccc(F)c(F)c1)N(C)C(=O)c1cc([N+](=O)[O-])ccc1N1CCOCC1. The molecule has 7 nitrogen and oxygen atoms in total. The lowest BCUT2D eigenvalue weighted by Crippen LogP contribution is -2.38. The average molecular weight is 405 g/mol. The largest absolute Gasteiger partial charge is 0.378 e. The van der Waals surface area contributed by atoms with Gasteiger partial charge in [0, 0.05) is 32.3 Å². The Balaban J connectivity index is 1.95. The third-order valence-corrected chi connectivity index (χ3v) is 5.10. The molecule has 154 valence electrons. The summed E-state index contributed by atoms with van der Waals surface area (Å²) in [6.45, 7) is 3.77. The van der Waals surface area contributed by atoms with Gasteiger partial charge in [-0.15, -0.1) is 0 Å². The van der Waals surface area contributed by atoms with Crippen LogP contribution in [-0.4, -0.2) is 49.1 Å². The smallest absolute Gasteiger partial charge is 0.270 e. The fourth-order valence-electron chi connectivity index (χ4n) is 3.25. The number of non-ortho nitro benzene ring substituents is 1. The molecule has 2 aromatic rings. The minimum absolute atomic E-state index is 0.179. The summed E-state index contributed by atoms with van der Waals surface area (Å²) in [7, 11) is 1.52. The number of nitrogens with zero attached hydrogens (tertiary/aromatic N) is 3. The van der Waals surface area contributed by atoms with E-state index in [9.17, 15) is 23.7 Å². The van der Waals surface area contributed by atoms with Gasteiger partial charge in [0.25, 0.3) is 11.6 Å². The molecule has 1 saturated heterocycles. The van der Waals surface area contributed by atoms with Crippen molar-refractivity contribution in [2.75, 3.05) is 38.3 Å². The van der Waals surface area contributed by atoms with Crippen LogP contribution < -0.4 is 4.90 Å². The lowest BCUT2D eigenvalue weighted by atomic mass is 10.0. The van der Waals surface area contributed by atoms with Crippen molar-refractivity contribution in [3.8, 4) is 0 Å². The number of hydrogen-bond donors (Lipinski definition) is 0. The van der Waals surface area contributed by atoms with E-state index in [1.165, 1.54) is 30.1 Å². The number of morpholine rings is 1. The molecule has 1 atom stereocenters. The maximum Gasteiger partial charge on any atom is 0.270 e. The van der Waals surface area contributed by atoms with Crippen LogP contribution in [0, 0.1) is 21.7 Å². The summed E-state index contributed by atoms with van der Waals surface area (Å²) in [6, 6.07) is 7.05. The standard InChI is InChI=1S/C20H21F2N3O4/c1-13(14-3-5-17(21)18(22)11-14)23(2)20(26)16-12-15(25(27)28)4-6-19(16)24-7-9-29-10-8-24/h3-6,11-13H,7-10H2,1-2H3. The normalized spacial score (nSPS) is 15.1. The highest BCUT2D eigenvalue weighted by atomic mass is 19.2. The Labute approximate surface area is 166 Å². The van der Waals surface area contributed by atoms with Gasteiger partial charge in [-0.25, -0.2) is 8.78 Å². The molecule has 1 unspecified atom stereocenters. The monoisotopic (exact) mass is 405 g/mol. The molecule has 0 saturated carbocycles. The van der Waals surface area contributed by atoms with Gasteiger partial charge in [0.1, 0.15) is 0 Å². The summed E-state index contributed by atoms with van der Waals surface area (Å²) in [5.41, 5.74) is 0.976. The Hall–Kier alpha value is -3.07. The average Bonchev–Trinajstić information content (AvgIpc) is 2.74. The second kappa shape index (κ2) is 8.52. The van der Waals surface area contributed by atoms with Crippen LogP contribution in [0.25, 0.3) is 0 Å². The molecule has 1 aliphatic heterocycles. The second-order valence-corrected chi connectivity index (χ2v) is 6.82. The number of ether oxygens (including phenoxy) is 1. The summed E-state index contributed by atoms with van der Waals surface area (Å²) in [5, 5.41) is 11.2. The third-order valence-electron chi connectivity index (χ3n) is 5.10. The van der Waals surface area contributed by atoms with Gasteiger partial charge in [0.2, 0.25) is 0 Å². The molecule has 9 heteroatoms. The van der Waals surface area contributed by atoms with Crippen LogP contribution in [0.5, 0.6) is 0 Å². The maximum absolute atomic E-state index is 13.6. The van der Waals surface area contributed by atoms with E-state index in [1.54, 1.807) is 13.0 Å². The van der Waals surface area contributed by atoms with Crippen molar-refractivity contribution in [3.63, 3.8) is 0 Å². The first-order valence-corrected chi connectivity index (χ1v) is 9.13. The highest BCUT2D eigenvalue weighted by molar-refractivity contribution is 6.00. The van der Waals surface area contributed by atoms with Crippen molar-refractivity contribution in [2.24, 2.45) is 0 Å². The quantitative estimate of drug-likeness (QED) is 0.562. The first kappa shape index (κ1) is 20.7. The van der Waals surface area contributed by atoms with Crippen molar-refractivity contribution < 1.29 is 23.2 Å². The number of halogens is 2. The van der Waals surface area contributed by atoms with Gasteiger partial charge >= 0.3 is 0 Å². The number of carbonyl (C=O) groups is 1. The van der Waals surface area contributed by atoms with Crippen molar-refractivity contribution in [1.29, 1.82) is 0 Å². The van der Waals surface area contributed by atoms with Crippen LogP contribution in [0.3, 0.4) is 0 Å². The van der Waals surface area contributed by atoms with E-state index in [1.807, 2.05) is 4.90 Å². The van der Waals surface area contributed by atoms with E-state index in [-0.39, 0.29) is 11.3 Å². The Morgan fingerprint density at radius 1 is 1.17 bits per heavy atom. The summed E-state index contributed by atoms with van der Waals surface area (Å²) in [5.74, 6) is -2.42. The number of carbonyl (C=O) groups excluding carboxylic acids is 1. The molecule has 0 aromatic heterocycles. The fourth-order valence-corrected chi connectivity index (χ4v) is 3.25. The Morgan fingerprint density at radius 3 is 2.48 bits per heavy atom. The van der Waals surface area contributed by atoms with Crippen molar-refractivity contribution in [2.45, 2.75) is 13.0 Å². The summed E-state index contributed by atoms with van der Waals surface area (Å²) < 4.78 is 32.2. The van der Waals surface area contributed by atoms with E-state index in [2.05, 4.69) is 0 Å². The molecule has 0 N–H and O–H groups in total. The van der Waals surface area contributed by atoms with E-state index in [0.717, 1.165) is 12.1 Å². The van der Waals surface area contributed by atoms with Crippen molar-refractivity contribution in [1.82, 2.24) is 4.90 Å². The molecule has 0 aliphatic carbocycles. The van der Waals surface area contributed by atoms with E-state index >= 15 is 0 Å². The predicted molar refractivity (Wildman–Crippen MR) is 103 cm³/mol. The third kappa shape index (κ3) is 4.34. The fraction of sp³-hybridized carbons (Fsp3) is 0.350. The molecule has 1 amide bonds. The van der Waals surface area contributed by atoms with E-state index in [4.69, 9.17) is 4.74 Å². The number of amides is 1. The highest BCUT2D eigenvalue weighted by Crippen LogP contribution is 2.30. The topological polar surface area (TPSA) is 75.9 Å². The second-order valence-electron chi connectivity index (χ2n) is 6.82. The highest BCUT2D eigenvalue weighted by Gasteiger charge is 2.27. The minimum Gasteiger partial charge on any atom is -0.378 e. The van der Waals surface area contributed by atoms with Crippen LogP contribution in [0.4, 0.5) is 20.2 Å². The lowest BCUT2D eigenvalue weighted by Gasteiger charge is -2.32. The molecule has 29 heavy (non-hydrogen) atoms. The number of benzene rings is 2. The molecule has 2 aromatic carbocycles. The maximum atomic E-state index is 13.6. The molecular weight excluding hydrogens is 384 g/mol. The van der Waals surface area contributed by atoms with Gasteiger partial charge in [0.15, 0.2) is 11.6 Å². The molecule has 0 bridgehead atoms. The van der Waals surface area contributed by atoms with Crippen LogP contribution in [-0.2, 0) is 4.74 Å². The molecule has 0 radical (unpaired) electrons. The number of rotatable bonds is 5. The van der Waals surface area contributed by atoms with Gasteiger partial charge < -0.3 is 14.5 Å². The molecule has 0 spiro atoms. The number of nitro groups is 1. The first-order chi connectivity index (χ1) is 13.8. The number of anilines is 1. The number of nitro benzene ring substituents is 1. The minimum atomic E-state index is -1.00. The van der Waals surface area contributed by atoms with E-state index in [0.29, 0.717) is 37.6 Å². The Morgan fingerprint density at radius 2 is 1.86 bits per heavy atom. The zero-order valence-electron chi connectivity index (χ0n) is 16.1. The number of hydrogen-bond acceptors (Lipinski definition) is 5. The van der Waals surface area contributed by atoms with Crippen LogP contribution in [0.1, 0.15) is 28.9 Å². The van der Waals surface area contributed by atoms with Crippen LogP contribution in [0.15, 0.2) is 36.4 Å². The van der Waals surface area contributed by atoms with E-state index < -0.39 is 28.5 Å². The molecule has 1 heterocycles. The van der Waals surface area contributed by atoms with Gasteiger partial charge in [-0.3, -0.25) is 14.9 Å². The molecule has 1 aliphatic rings. The molecule has 3 rings (SSSR count). The molecule has 1 fully saturated rings. The summed E-state index contributed by atoms with van der Waals surface area (Å²) >= 11 is 0. The van der Waals surface area contributed by atoms with Crippen molar-refractivity contribution in [3.05, 3.63) is 69.3 Å².